The van der Waals surface area contributed by atoms with Crippen molar-refractivity contribution in [3.8, 4) is 0 Å². The Morgan fingerprint density at radius 1 is 1.14 bits per heavy atom. The van der Waals surface area contributed by atoms with E-state index in [1.807, 2.05) is 20.8 Å². The molecule has 0 saturated carbocycles. The van der Waals surface area contributed by atoms with Crippen LogP contribution < -0.4 is 5.32 Å². The molecular formula is C16H28NO4Si. The van der Waals surface area contributed by atoms with Gasteiger partial charge in [-0.05, 0) is 40.0 Å². The van der Waals surface area contributed by atoms with Crippen LogP contribution in [0.25, 0.3) is 0 Å². The lowest BCUT2D eigenvalue weighted by Gasteiger charge is -2.19. The summed E-state index contributed by atoms with van der Waals surface area (Å²) in [5, 5.41) is 2.83. The van der Waals surface area contributed by atoms with Crippen LogP contribution in [0.3, 0.4) is 0 Å². The number of unbranched alkanes of at least 4 members (excludes halogenated alkanes) is 2. The highest BCUT2D eigenvalue weighted by Crippen LogP contribution is 2.10. The molecule has 0 bridgehead atoms. The quantitative estimate of drug-likeness (QED) is 0.274. The van der Waals surface area contributed by atoms with Crippen LogP contribution in [0, 0.1) is 0 Å². The Bertz CT molecular complexity index is 353. The van der Waals surface area contributed by atoms with Gasteiger partial charge in [0.05, 0.1) is 0 Å². The van der Waals surface area contributed by atoms with E-state index in [0.29, 0.717) is 19.4 Å². The molecule has 0 fully saturated rings. The molecule has 3 radical (unpaired) electrons. The Morgan fingerprint density at radius 2 is 1.82 bits per heavy atom. The van der Waals surface area contributed by atoms with Crippen molar-refractivity contribution < 1.29 is 19.1 Å². The summed E-state index contributed by atoms with van der Waals surface area (Å²) >= 11 is 0. The van der Waals surface area contributed by atoms with Crippen molar-refractivity contribution >= 4 is 28.4 Å². The molecule has 0 rings (SSSR count). The third-order valence-electron chi connectivity index (χ3n) is 2.88. The van der Waals surface area contributed by atoms with Crippen LogP contribution in [0.4, 0.5) is 0 Å². The number of hydrogen-bond donors (Lipinski definition) is 1. The molecule has 6 heteroatoms. The number of nitrogens with one attached hydrogen (secondary N) is 1. The van der Waals surface area contributed by atoms with Gasteiger partial charge >= 0.3 is 5.97 Å². The number of aldehydes is 1. The van der Waals surface area contributed by atoms with Crippen molar-refractivity contribution in [1.29, 1.82) is 0 Å². The molecule has 0 heterocycles. The van der Waals surface area contributed by atoms with Crippen molar-refractivity contribution in [1.82, 2.24) is 5.32 Å². The van der Waals surface area contributed by atoms with Crippen LogP contribution in [0.15, 0.2) is 0 Å². The SMILES string of the molecule is CC(C)(C)OC(=O)CCCC(=O)NCCCCCC([Si])C=O. The minimum absolute atomic E-state index is 0.0329. The first-order valence-electron chi connectivity index (χ1n) is 7.89. The summed E-state index contributed by atoms with van der Waals surface area (Å²) in [6.07, 6.45) is 5.67. The van der Waals surface area contributed by atoms with E-state index in [4.69, 9.17) is 4.74 Å². The summed E-state index contributed by atoms with van der Waals surface area (Å²) in [5.74, 6) is -0.297. The molecule has 1 unspecified atom stereocenters. The van der Waals surface area contributed by atoms with E-state index in [2.05, 4.69) is 15.6 Å². The maximum atomic E-state index is 11.6. The summed E-state index contributed by atoms with van der Waals surface area (Å²) in [5.41, 5.74) is -0.542. The zero-order chi connectivity index (χ0) is 17.0. The zero-order valence-electron chi connectivity index (χ0n) is 13.9. The predicted molar refractivity (Wildman–Crippen MR) is 86.7 cm³/mol. The molecule has 0 saturated heterocycles. The maximum Gasteiger partial charge on any atom is 0.306 e. The van der Waals surface area contributed by atoms with E-state index in [9.17, 15) is 14.4 Å². The van der Waals surface area contributed by atoms with Gasteiger partial charge in [0.25, 0.3) is 0 Å². The fourth-order valence-corrected chi connectivity index (χ4v) is 2.04. The maximum absolute atomic E-state index is 11.6. The van der Waals surface area contributed by atoms with Gasteiger partial charge in [-0.1, -0.05) is 12.8 Å². The number of carbonyl (C=O) groups is 3. The molecule has 1 N–H and O–H groups in total. The highest BCUT2D eigenvalue weighted by molar-refractivity contribution is 6.19. The number of hydrogen-bond acceptors (Lipinski definition) is 4. The molecule has 0 aromatic carbocycles. The van der Waals surface area contributed by atoms with E-state index in [1.54, 1.807) is 0 Å². The molecule has 0 aliphatic rings. The zero-order valence-corrected chi connectivity index (χ0v) is 14.9. The second-order valence-corrected chi connectivity index (χ2v) is 7.12. The minimum Gasteiger partial charge on any atom is -0.460 e. The standard InChI is InChI=1S/C16H28NO4Si/c1-16(2,3)21-15(20)10-7-9-14(19)17-11-6-4-5-8-13(22)12-18/h12-13H,4-11H2,1-3H3,(H,17,19). The molecule has 1 amide bonds. The molecule has 0 spiro atoms. The summed E-state index contributed by atoms with van der Waals surface area (Å²) in [6, 6.07) is 0. The van der Waals surface area contributed by atoms with Crippen LogP contribution in [-0.4, -0.2) is 40.6 Å². The topological polar surface area (TPSA) is 72.5 Å². The fourth-order valence-electron chi connectivity index (χ4n) is 1.84. The average molecular weight is 326 g/mol. The van der Waals surface area contributed by atoms with Gasteiger partial charge in [-0.25, -0.2) is 0 Å². The van der Waals surface area contributed by atoms with E-state index < -0.39 is 5.60 Å². The first kappa shape index (κ1) is 20.8. The summed E-state index contributed by atoms with van der Waals surface area (Å²) in [4.78, 5) is 33.4. The number of amides is 1. The van der Waals surface area contributed by atoms with E-state index >= 15 is 0 Å². The van der Waals surface area contributed by atoms with Crippen LogP contribution in [0.5, 0.6) is 0 Å². The molecule has 0 aromatic rings. The monoisotopic (exact) mass is 326 g/mol. The fraction of sp³-hybridized carbons (Fsp3) is 0.812. The summed E-state index contributed by atoms with van der Waals surface area (Å²) < 4.78 is 5.17. The van der Waals surface area contributed by atoms with Gasteiger partial charge in [0.15, 0.2) is 0 Å². The summed E-state index contributed by atoms with van der Waals surface area (Å²) in [6.45, 7) is 6.11. The van der Waals surface area contributed by atoms with Gasteiger partial charge in [0.2, 0.25) is 5.91 Å². The van der Waals surface area contributed by atoms with Gasteiger partial charge in [0.1, 0.15) is 11.9 Å². The van der Waals surface area contributed by atoms with Gasteiger partial charge in [-0.3, -0.25) is 9.59 Å². The number of rotatable bonds is 11. The van der Waals surface area contributed by atoms with Crippen molar-refractivity contribution in [2.45, 2.75) is 76.9 Å². The van der Waals surface area contributed by atoms with Gasteiger partial charge < -0.3 is 14.8 Å². The number of ether oxygens (including phenoxy) is 1. The molecule has 0 aliphatic carbocycles. The Kier molecular flexibility index (Phi) is 10.8. The van der Waals surface area contributed by atoms with Gasteiger partial charge in [-0.15, -0.1) is 0 Å². The van der Waals surface area contributed by atoms with E-state index in [1.165, 1.54) is 0 Å². The van der Waals surface area contributed by atoms with Crippen LogP contribution >= 0.6 is 0 Å². The lowest BCUT2D eigenvalue weighted by molar-refractivity contribution is -0.154. The lowest BCUT2D eigenvalue weighted by atomic mass is 10.1. The molecule has 125 valence electrons. The van der Waals surface area contributed by atoms with Gasteiger partial charge in [-0.2, -0.15) is 0 Å². The average Bonchev–Trinajstić information content (AvgIpc) is 2.40. The van der Waals surface area contributed by atoms with Crippen molar-refractivity contribution in [2.24, 2.45) is 0 Å². The van der Waals surface area contributed by atoms with E-state index in [-0.39, 0.29) is 23.8 Å². The molecule has 5 nitrogen and oxygen atoms in total. The van der Waals surface area contributed by atoms with E-state index in [0.717, 1.165) is 32.0 Å². The van der Waals surface area contributed by atoms with Crippen LogP contribution in [-0.2, 0) is 19.1 Å². The second kappa shape index (κ2) is 11.4. The Labute approximate surface area is 137 Å². The Morgan fingerprint density at radius 3 is 2.41 bits per heavy atom. The smallest absolute Gasteiger partial charge is 0.306 e. The van der Waals surface area contributed by atoms with Gasteiger partial charge in [0, 0.05) is 35.2 Å². The lowest BCUT2D eigenvalue weighted by Crippen LogP contribution is -2.25. The Hall–Kier alpha value is -1.17. The Balaban J connectivity index is 3.51. The largest absolute Gasteiger partial charge is 0.460 e. The highest BCUT2D eigenvalue weighted by atomic mass is 28.1. The minimum atomic E-state index is -0.475. The van der Waals surface area contributed by atoms with Crippen molar-refractivity contribution in [3.05, 3.63) is 0 Å². The van der Waals surface area contributed by atoms with Crippen LogP contribution in [0.1, 0.15) is 65.7 Å². The molecule has 1 atom stereocenters. The molecule has 0 aromatic heterocycles. The second-order valence-electron chi connectivity index (χ2n) is 6.38. The molecular weight excluding hydrogens is 298 g/mol. The third-order valence-corrected chi connectivity index (χ3v) is 3.31. The van der Waals surface area contributed by atoms with Crippen molar-refractivity contribution in [2.75, 3.05) is 6.54 Å². The number of esters is 1. The first-order valence-corrected chi connectivity index (χ1v) is 8.47. The molecule has 22 heavy (non-hydrogen) atoms. The first-order chi connectivity index (χ1) is 10.2. The highest BCUT2D eigenvalue weighted by Gasteiger charge is 2.16. The number of carbonyl (C=O) groups excluding carboxylic acids is 3. The summed E-state index contributed by atoms with van der Waals surface area (Å²) in [7, 11) is 3.30. The predicted octanol–water partition coefficient (Wildman–Crippen LogP) is 2.33. The van der Waals surface area contributed by atoms with Crippen LogP contribution in [0.2, 0.25) is 5.54 Å². The normalized spacial score (nSPS) is 12.5. The third kappa shape index (κ3) is 13.8. The van der Waals surface area contributed by atoms with Crippen molar-refractivity contribution in [3.63, 3.8) is 0 Å². The molecule has 0 aliphatic heterocycles.